The highest BCUT2D eigenvalue weighted by Gasteiger charge is 2.18. The lowest BCUT2D eigenvalue weighted by atomic mass is 10.1. The Morgan fingerprint density at radius 1 is 0.969 bits per heavy atom. The predicted molar refractivity (Wildman–Crippen MR) is 134 cm³/mol. The van der Waals surface area contributed by atoms with Crippen molar-refractivity contribution in [2.24, 2.45) is 0 Å². The van der Waals surface area contributed by atoms with E-state index in [1.54, 1.807) is 42.5 Å². The van der Waals surface area contributed by atoms with Gasteiger partial charge in [0, 0.05) is 20.9 Å². The van der Waals surface area contributed by atoms with Crippen LogP contribution >= 0.6 is 50.9 Å². The molecule has 0 aromatic heterocycles. The van der Waals surface area contributed by atoms with E-state index in [9.17, 15) is 14.7 Å². The molecular formula is C23H19BrCl2N2O3S. The van der Waals surface area contributed by atoms with Crippen molar-refractivity contribution in [2.75, 3.05) is 11.2 Å². The highest BCUT2D eigenvalue weighted by atomic mass is 79.9. The number of amides is 1. The van der Waals surface area contributed by atoms with E-state index in [1.165, 1.54) is 11.8 Å². The second-order valence-corrected chi connectivity index (χ2v) is 9.45. The molecule has 0 unspecified atom stereocenters. The molecule has 3 N–H and O–H groups in total. The van der Waals surface area contributed by atoms with E-state index in [2.05, 4.69) is 26.6 Å². The van der Waals surface area contributed by atoms with Gasteiger partial charge in [0.15, 0.2) is 0 Å². The van der Waals surface area contributed by atoms with Crippen molar-refractivity contribution in [3.8, 4) is 0 Å². The number of hydrogen-bond acceptors (Lipinski definition) is 4. The van der Waals surface area contributed by atoms with Gasteiger partial charge in [-0.25, -0.2) is 0 Å². The Bertz CT molecular complexity index is 1090. The van der Waals surface area contributed by atoms with E-state index in [4.69, 9.17) is 23.2 Å². The van der Waals surface area contributed by atoms with Crippen molar-refractivity contribution in [1.29, 1.82) is 0 Å². The zero-order valence-electron chi connectivity index (χ0n) is 16.6. The normalized spacial score (nSPS) is 11.7. The number of aliphatic carboxylic acids is 1. The molecule has 32 heavy (non-hydrogen) atoms. The molecule has 0 aliphatic heterocycles. The largest absolute Gasteiger partial charge is 0.480 e. The van der Waals surface area contributed by atoms with Crippen LogP contribution in [0.3, 0.4) is 0 Å². The topological polar surface area (TPSA) is 78.4 Å². The number of carbonyl (C=O) groups is 2. The molecule has 0 aliphatic carbocycles. The molecule has 0 radical (unpaired) electrons. The molecule has 3 aromatic rings. The Hall–Kier alpha value is -2.03. The van der Waals surface area contributed by atoms with Crippen LogP contribution in [0.5, 0.6) is 0 Å². The van der Waals surface area contributed by atoms with Gasteiger partial charge in [0.1, 0.15) is 6.04 Å². The number of carbonyl (C=O) groups excluding carboxylic acids is 1. The first-order valence-corrected chi connectivity index (χ1v) is 12.1. The van der Waals surface area contributed by atoms with Crippen molar-refractivity contribution in [3.05, 3.63) is 92.4 Å². The Kier molecular flexibility index (Phi) is 9.02. The number of rotatable bonds is 9. The Labute approximate surface area is 208 Å². The summed E-state index contributed by atoms with van der Waals surface area (Å²) in [5.41, 5.74) is 1.58. The zero-order valence-corrected chi connectivity index (χ0v) is 20.6. The van der Waals surface area contributed by atoms with E-state index in [0.717, 1.165) is 14.9 Å². The zero-order chi connectivity index (χ0) is 23.1. The molecule has 0 spiro atoms. The van der Waals surface area contributed by atoms with Crippen LogP contribution in [-0.4, -0.2) is 28.9 Å². The first-order valence-electron chi connectivity index (χ1n) is 9.53. The number of benzene rings is 3. The summed E-state index contributed by atoms with van der Waals surface area (Å²) in [6, 6.07) is 18.9. The molecule has 0 fully saturated rings. The molecule has 1 atom stereocenters. The first kappa shape index (κ1) is 24.6. The van der Waals surface area contributed by atoms with Crippen molar-refractivity contribution in [1.82, 2.24) is 5.32 Å². The molecule has 0 bridgehead atoms. The number of nitrogens with one attached hydrogen (secondary N) is 2. The van der Waals surface area contributed by atoms with E-state index in [-0.39, 0.29) is 15.6 Å². The lowest BCUT2D eigenvalue weighted by molar-refractivity contribution is -0.139. The second kappa shape index (κ2) is 11.7. The van der Waals surface area contributed by atoms with Crippen LogP contribution in [0.4, 0.5) is 5.69 Å². The van der Waals surface area contributed by atoms with Crippen LogP contribution < -0.4 is 10.6 Å². The monoisotopic (exact) mass is 552 g/mol. The van der Waals surface area contributed by atoms with E-state index < -0.39 is 17.9 Å². The fourth-order valence-electron chi connectivity index (χ4n) is 2.90. The van der Waals surface area contributed by atoms with Crippen LogP contribution in [0.2, 0.25) is 10.0 Å². The molecule has 9 heteroatoms. The van der Waals surface area contributed by atoms with Gasteiger partial charge in [-0.2, -0.15) is 0 Å². The average Bonchev–Trinajstić information content (AvgIpc) is 2.75. The molecule has 5 nitrogen and oxygen atoms in total. The molecule has 3 rings (SSSR count). The second-order valence-electron chi connectivity index (χ2n) is 6.77. The molecule has 3 aromatic carbocycles. The highest BCUT2D eigenvalue weighted by Crippen LogP contribution is 2.27. The van der Waals surface area contributed by atoms with Gasteiger partial charge in [-0.1, -0.05) is 53.5 Å². The molecule has 1 amide bonds. The third kappa shape index (κ3) is 6.73. The highest BCUT2D eigenvalue weighted by molar-refractivity contribution is 9.10. The number of halogens is 3. The SMILES string of the molecule is O=C(Nc1ccc(C[C@H](NCSc2ccccc2Br)C(=O)O)cc1)c1c(Cl)cccc1Cl. The molecular weight excluding hydrogens is 535 g/mol. The van der Waals surface area contributed by atoms with Gasteiger partial charge in [-0.05, 0) is 64.3 Å². The maximum absolute atomic E-state index is 12.5. The summed E-state index contributed by atoms with van der Waals surface area (Å²) in [6.07, 6.45) is 0.302. The fraction of sp³-hybridized carbons (Fsp3) is 0.130. The maximum atomic E-state index is 12.5. The van der Waals surface area contributed by atoms with Crippen molar-refractivity contribution in [3.63, 3.8) is 0 Å². The van der Waals surface area contributed by atoms with E-state index >= 15 is 0 Å². The van der Waals surface area contributed by atoms with Crippen LogP contribution in [-0.2, 0) is 11.2 Å². The molecule has 0 saturated carbocycles. The van der Waals surface area contributed by atoms with Crippen molar-refractivity contribution < 1.29 is 14.7 Å². The number of anilines is 1. The van der Waals surface area contributed by atoms with Crippen molar-refractivity contribution >= 4 is 68.5 Å². The average molecular weight is 554 g/mol. The molecule has 0 aliphatic rings. The Morgan fingerprint density at radius 3 is 2.25 bits per heavy atom. The van der Waals surface area contributed by atoms with E-state index in [0.29, 0.717) is 18.0 Å². The van der Waals surface area contributed by atoms with E-state index in [1.807, 2.05) is 24.3 Å². The smallest absolute Gasteiger partial charge is 0.321 e. The van der Waals surface area contributed by atoms with Crippen LogP contribution in [0.1, 0.15) is 15.9 Å². The standard InChI is InChI=1S/C23H19BrCl2N2O3S/c24-16-4-1-2-7-20(16)32-13-27-19(23(30)31)12-14-8-10-15(11-9-14)28-22(29)21-17(25)5-3-6-18(21)26/h1-11,19,27H,12-13H2,(H,28,29)(H,30,31)/t19-/m0/s1. The van der Waals surface area contributed by atoms with Gasteiger partial charge in [0.05, 0.1) is 15.6 Å². The minimum Gasteiger partial charge on any atom is -0.480 e. The summed E-state index contributed by atoms with van der Waals surface area (Å²) in [5, 5.41) is 15.9. The summed E-state index contributed by atoms with van der Waals surface area (Å²) in [5.74, 6) is -0.891. The number of hydrogen-bond donors (Lipinski definition) is 3. The van der Waals surface area contributed by atoms with Crippen molar-refractivity contribution in [2.45, 2.75) is 17.4 Å². The third-order valence-corrected chi connectivity index (χ3v) is 7.10. The lowest BCUT2D eigenvalue weighted by Crippen LogP contribution is -2.38. The Balaban J connectivity index is 1.58. The predicted octanol–water partition coefficient (Wildman–Crippen LogP) is 6.34. The molecule has 0 saturated heterocycles. The molecule has 166 valence electrons. The van der Waals surface area contributed by atoms with Crippen LogP contribution in [0.15, 0.2) is 76.1 Å². The van der Waals surface area contributed by atoms with Gasteiger partial charge >= 0.3 is 5.97 Å². The molecule has 0 heterocycles. The summed E-state index contributed by atoms with van der Waals surface area (Å²) < 4.78 is 0.967. The Morgan fingerprint density at radius 2 is 1.62 bits per heavy atom. The first-order chi connectivity index (χ1) is 15.3. The minimum absolute atomic E-state index is 0.206. The fourth-order valence-corrected chi connectivity index (χ4v) is 4.91. The summed E-state index contributed by atoms with van der Waals surface area (Å²) in [4.78, 5) is 25.2. The number of thioether (sulfide) groups is 1. The van der Waals surface area contributed by atoms with Gasteiger partial charge in [-0.15, -0.1) is 11.8 Å². The van der Waals surface area contributed by atoms with Gasteiger partial charge in [-0.3, -0.25) is 14.9 Å². The minimum atomic E-state index is -0.927. The number of carboxylic acids is 1. The quantitative estimate of drug-likeness (QED) is 0.213. The third-order valence-electron chi connectivity index (χ3n) is 4.53. The maximum Gasteiger partial charge on any atom is 0.321 e. The van der Waals surface area contributed by atoms with Crippen LogP contribution in [0.25, 0.3) is 0 Å². The summed E-state index contributed by atoms with van der Waals surface area (Å²) in [7, 11) is 0. The van der Waals surface area contributed by atoms with Gasteiger partial charge in [0.25, 0.3) is 5.91 Å². The van der Waals surface area contributed by atoms with Gasteiger partial charge in [0.2, 0.25) is 0 Å². The summed E-state index contributed by atoms with van der Waals surface area (Å²) in [6.45, 7) is 0. The van der Waals surface area contributed by atoms with Gasteiger partial charge < -0.3 is 10.4 Å². The number of carboxylic acid groups (broad SMARTS) is 1. The lowest BCUT2D eigenvalue weighted by Gasteiger charge is -2.15. The van der Waals surface area contributed by atoms with Crippen LogP contribution in [0, 0.1) is 0 Å². The summed E-state index contributed by atoms with van der Waals surface area (Å²) >= 11 is 17.2.